The highest BCUT2D eigenvalue weighted by Crippen LogP contribution is 2.26. The predicted molar refractivity (Wildman–Crippen MR) is 60.4 cm³/mol. The summed E-state index contributed by atoms with van der Waals surface area (Å²) in [6, 6.07) is 1.93. The van der Waals surface area contributed by atoms with Crippen molar-refractivity contribution in [2.24, 2.45) is 0 Å². The van der Waals surface area contributed by atoms with Crippen LogP contribution in [0.5, 0.6) is 0 Å². The van der Waals surface area contributed by atoms with Crippen molar-refractivity contribution in [2.75, 3.05) is 12.3 Å². The van der Waals surface area contributed by atoms with E-state index in [9.17, 15) is 0 Å². The molecule has 1 atom stereocenters. The van der Waals surface area contributed by atoms with Gasteiger partial charge in [-0.3, -0.25) is 0 Å². The highest BCUT2D eigenvalue weighted by Gasteiger charge is 2.28. The average molecular weight is 220 g/mol. The molecule has 1 aromatic rings. The summed E-state index contributed by atoms with van der Waals surface area (Å²) in [5.41, 5.74) is 5.40. The standard InChI is InChI=1S/C11H16N4O/c1-4-11(3,16-5-2)10-14-7-8(6-12)9(13)15-10/h7H,4-5H2,1-3H3,(H2,13,14,15). The summed E-state index contributed by atoms with van der Waals surface area (Å²) in [5, 5.41) is 8.73. The third-order valence-electron chi connectivity index (χ3n) is 2.55. The molecule has 0 saturated carbocycles. The van der Waals surface area contributed by atoms with Crippen LogP contribution in [0.4, 0.5) is 5.82 Å². The first-order chi connectivity index (χ1) is 7.57. The van der Waals surface area contributed by atoms with E-state index in [1.807, 2.05) is 26.8 Å². The van der Waals surface area contributed by atoms with E-state index in [4.69, 9.17) is 15.7 Å². The van der Waals surface area contributed by atoms with Crippen LogP contribution in [0.25, 0.3) is 0 Å². The van der Waals surface area contributed by atoms with Gasteiger partial charge in [-0.15, -0.1) is 0 Å². The molecule has 0 fully saturated rings. The zero-order valence-electron chi connectivity index (χ0n) is 9.82. The lowest BCUT2D eigenvalue weighted by Gasteiger charge is -2.26. The number of anilines is 1. The summed E-state index contributed by atoms with van der Waals surface area (Å²) in [6.07, 6.45) is 2.18. The Bertz CT molecular complexity index is 413. The van der Waals surface area contributed by atoms with Crippen molar-refractivity contribution >= 4 is 5.82 Å². The SMILES string of the molecule is CCOC(C)(CC)c1ncc(C#N)c(N)n1. The zero-order valence-corrected chi connectivity index (χ0v) is 9.82. The number of aromatic nitrogens is 2. The lowest BCUT2D eigenvalue weighted by molar-refractivity contribution is -0.0389. The summed E-state index contributed by atoms with van der Waals surface area (Å²) >= 11 is 0. The molecule has 2 N–H and O–H groups in total. The molecule has 0 spiro atoms. The molecule has 16 heavy (non-hydrogen) atoms. The fraction of sp³-hybridized carbons (Fsp3) is 0.545. The molecular formula is C11H16N4O. The maximum absolute atomic E-state index is 8.73. The second kappa shape index (κ2) is 4.90. The number of nitrogens with zero attached hydrogens (tertiary/aromatic N) is 3. The maximum atomic E-state index is 8.73. The maximum Gasteiger partial charge on any atom is 0.162 e. The normalized spacial score (nSPS) is 14.1. The fourth-order valence-electron chi connectivity index (χ4n) is 1.38. The Labute approximate surface area is 95.3 Å². The van der Waals surface area contributed by atoms with Crippen LogP contribution in [0.15, 0.2) is 6.20 Å². The molecular weight excluding hydrogens is 204 g/mol. The molecule has 1 heterocycles. The lowest BCUT2D eigenvalue weighted by atomic mass is 10.0. The highest BCUT2D eigenvalue weighted by molar-refractivity contribution is 5.46. The lowest BCUT2D eigenvalue weighted by Crippen LogP contribution is -2.28. The Morgan fingerprint density at radius 2 is 2.25 bits per heavy atom. The molecule has 86 valence electrons. The number of hydrogen-bond acceptors (Lipinski definition) is 5. The van der Waals surface area contributed by atoms with Crippen molar-refractivity contribution in [3.63, 3.8) is 0 Å². The molecule has 5 nitrogen and oxygen atoms in total. The summed E-state index contributed by atoms with van der Waals surface area (Å²) < 4.78 is 5.63. The van der Waals surface area contributed by atoms with Crippen LogP contribution in [-0.2, 0) is 10.3 Å². The van der Waals surface area contributed by atoms with E-state index in [0.29, 0.717) is 18.0 Å². The quantitative estimate of drug-likeness (QED) is 0.832. The van der Waals surface area contributed by atoms with Gasteiger partial charge in [0.25, 0.3) is 0 Å². The van der Waals surface area contributed by atoms with Crippen LogP contribution in [-0.4, -0.2) is 16.6 Å². The van der Waals surface area contributed by atoms with Crippen molar-refractivity contribution in [1.82, 2.24) is 9.97 Å². The van der Waals surface area contributed by atoms with Crippen molar-refractivity contribution < 1.29 is 4.74 Å². The molecule has 0 aromatic carbocycles. The van der Waals surface area contributed by atoms with E-state index < -0.39 is 5.60 Å². The zero-order chi connectivity index (χ0) is 12.2. The largest absolute Gasteiger partial charge is 0.382 e. The Morgan fingerprint density at radius 3 is 2.69 bits per heavy atom. The summed E-state index contributed by atoms with van der Waals surface area (Å²) in [4.78, 5) is 8.26. The predicted octanol–water partition coefficient (Wildman–Crippen LogP) is 1.59. The van der Waals surface area contributed by atoms with Gasteiger partial charge in [-0.25, -0.2) is 9.97 Å². The van der Waals surface area contributed by atoms with E-state index in [-0.39, 0.29) is 5.82 Å². The molecule has 0 aliphatic heterocycles. The van der Waals surface area contributed by atoms with Gasteiger partial charge < -0.3 is 10.5 Å². The Balaban J connectivity index is 3.13. The van der Waals surface area contributed by atoms with Crippen molar-refractivity contribution in [2.45, 2.75) is 32.8 Å². The second-order valence-corrected chi connectivity index (χ2v) is 3.62. The number of nitriles is 1. The molecule has 0 saturated heterocycles. The minimum Gasteiger partial charge on any atom is -0.382 e. The summed E-state index contributed by atoms with van der Waals surface area (Å²) in [6.45, 7) is 6.40. The van der Waals surface area contributed by atoms with Crippen LogP contribution >= 0.6 is 0 Å². The first-order valence-corrected chi connectivity index (χ1v) is 5.24. The van der Waals surface area contributed by atoms with Crippen LogP contribution in [0.1, 0.15) is 38.6 Å². The van der Waals surface area contributed by atoms with E-state index in [0.717, 1.165) is 6.42 Å². The summed E-state index contributed by atoms with van der Waals surface area (Å²) in [7, 11) is 0. The van der Waals surface area contributed by atoms with E-state index in [1.165, 1.54) is 6.20 Å². The molecule has 0 amide bonds. The minimum atomic E-state index is -0.545. The Hall–Kier alpha value is -1.67. The van der Waals surface area contributed by atoms with Gasteiger partial charge in [-0.1, -0.05) is 6.92 Å². The van der Waals surface area contributed by atoms with Gasteiger partial charge in [0.2, 0.25) is 0 Å². The molecule has 1 unspecified atom stereocenters. The molecule has 0 aliphatic rings. The van der Waals surface area contributed by atoms with Gasteiger partial charge in [0, 0.05) is 6.61 Å². The van der Waals surface area contributed by atoms with E-state index >= 15 is 0 Å². The highest BCUT2D eigenvalue weighted by atomic mass is 16.5. The fourth-order valence-corrected chi connectivity index (χ4v) is 1.38. The van der Waals surface area contributed by atoms with Crippen molar-refractivity contribution in [1.29, 1.82) is 5.26 Å². The van der Waals surface area contributed by atoms with Gasteiger partial charge in [-0.05, 0) is 20.3 Å². The van der Waals surface area contributed by atoms with Gasteiger partial charge in [0.05, 0.1) is 6.20 Å². The molecule has 0 aliphatic carbocycles. The molecule has 0 bridgehead atoms. The van der Waals surface area contributed by atoms with E-state index in [1.54, 1.807) is 0 Å². The van der Waals surface area contributed by atoms with Crippen LogP contribution in [0.2, 0.25) is 0 Å². The second-order valence-electron chi connectivity index (χ2n) is 3.62. The Kier molecular flexibility index (Phi) is 3.80. The smallest absolute Gasteiger partial charge is 0.162 e. The van der Waals surface area contributed by atoms with Gasteiger partial charge >= 0.3 is 0 Å². The summed E-state index contributed by atoms with van der Waals surface area (Å²) in [5.74, 6) is 0.722. The van der Waals surface area contributed by atoms with Crippen LogP contribution < -0.4 is 5.73 Å². The monoisotopic (exact) mass is 220 g/mol. The van der Waals surface area contributed by atoms with Crippen molar-refractivity contribution in [3.8, 4) is 6.07 Å². The van der Waals surface area contributed by atoms with Crippen LogP contribution in [0, 0.1) is 11.3 Å². The van der Waals surface area contributed by atoms with Crippen LogP contribution in [0.3, 0.4) is 0 Å². The molecule has 0 radical (unpaired) electrons. The molecule has 1 aromatic heterocycles. The number of hydrogen-bond donors (Lipinski definition) is 1. The molecule has 5 heteroatoms. The number of nitrogen functional groups attached to an aromatic ring is 1. The van der Waals surface area contributed by atoms with Gasteiger partial charge in [0.15, 0.2) is 5.82 Å². The minimum absolute atomic E-state index is 0.201. The number of ether oxygens (including phenoxy) is 1. The average Bonchev–Trinajstić information content (AvgIpc) is 2.29. The third-order valence-corrected chi connectivity index (χ3v) is 2.55. The Morgan fingerprint density at radius 1 is 1.56 bits per heavy atom. The first kappa shape index (κ1) is 12.4. The first-order valence-electron chi connectivity index (χ1n) is 5.24. The molecule has 1 rings (SSSR count). The number of nitrogens with two attached hydrogens (primary N) is 1. The topological polar surface area (TPSA) is 84.8 Å². The third kappa shape index (κ3) is 2.28. The van der Waals surface area contributed by atoms with Gasteiger partial charge in [0.1, 0.15) is 23.1 Å². The van der Waals surface area contributed by atoms with Crippen molar-refractivity contribution in [3.05, 3.63) is 17.6 Å². The van der Waals surface area contributed by atoms with E-state index in [2.05, 4.69) is 9.97 Å². The van der Waals surface area contributed by atoms with Gasteiger partial charge in [-0.2, -0.15) is 5.26 Å². The number of rotatable bonds is 4.